The van der Waals surface area contributed by atoms with Gasteiger partial charge in [-0.1, -0.05) is 6.42 Å². The molecule has 0 spiro atoms. The molecule has 21 heavy (non-hydrogen) atoms. The van der Waals surface area contributed by atoms with Crippen LogP contribution in [-0.2, 0) is 19.9 Å². The molecule has 0 saturated carbocycles. The van der Waals surface area contributed by atoms with Gasteiger partial charge in [-0.15, -0.1) is 0 Å². The van der Waals surface area contributed by atoms with Crippen LogP contribution in [-0.4, -0.2) is 21.3 Å². The molecular weight excluding hydrogens is 264 g/mol. The van der Waals surface area contributed by atoms with Crippen LogP contribution in [0.2, 0.25) is 0 Å². The zero-order chi connectivity index (χ0) is 14.4. The van der Waals surface area contributed by atoms with Gasteiger partial charge in [-0.05, 0) is 50.6 Å². The number of fused-ring (bicyclic) bond motifs is 3. The quantitative estimate of drug-likeness (QED) is 0.842. The second-order valence-electron chi connectivity index (χ2n) is 6.35. The predicted octanol–water partition coefficient (Wildman–Crippen LogP) is 1.95. The summed E-state index contributed by atoms with van der Waals surface area (Å²) in [6.45, 7) is 1.06. The first-order valence-electron chi connectivity index (χ1n) is 8.09. The lowest BCUT2D eigenvalue weighted by atomic mass is 9.89. The topological polar surface area (TPSA) is 62.7 Å². The van der Waals surface area contributed by atoms with Gasteiger partial charge in [-0.3, -0.25) is 9.48 Å². The second-order valence-corrected chi connectivity index (χ2v) is 6.35. The summed E-state index contributed by atoms with van der Waals surface area (Å²) in [7, 11) is 1.93. The number of rotatable bonds is 1. The highest BCUT2D eigenvalue weighted by Crippen LogP contribution is 2.33. The molecule has 2 aliphatic rings. The van der Waals surface area contributed by atoms with Crippen LogP contribution in [0.15, 0.2) is 4.79 Å². The average molecular weight is 286 g/mol. The van der Waals surface area contributed by atoms with Crippen molar-refractivity contribution in [2.75, 3.05) is 6.54 Å². The molecule has 5 heteroatoms. The Bertz CT molecular complexity index is 737. The fourth-order valence-corrected chi connectivity index (χ4v) is 3.93. The number of nitrogens with one attached hydrogen (secondary N) is 2. The van der Waals surface area contributed by atoms with Crippen molar-refractivity contribution >= 4 is 11.0 Å². The minimum absolute atomic E-state index is 0.0864. The van der Waals surface area contributed by atoms with E-state index in [1.165, 1.54) is 30.2 Å². The Labute approximate surface area is 123 Å². The first kappa shape index (κ1) is 13.1. The summed E-state index contributed by atoms with van der Waals surface area (Å²) in [5.41, 5.74) is 4.38. The van der Waals surface area contributed by atoms with E-state index in [9.17, 15) is 4.79 Å². The third kappa shape index (κ3) is 2.02. The number of hydrogen-bond donors (Lipinski definition) is 2. The maximum absolute atomic E-state index is 12.3. The van der Waals surface area contributed by atoms with E-state index in [-0.39, 0.29) is 5.56 Å². The van der Waals surface area contributed by atoms with Gasteiger partial charge in [0.25, 0.3) is 5.56 Å². The maximum atomic E-state index is 12.3. The SMILES string of the molecule is Cn1nc(C2CCCCN2)c2c3c(c(=O)[nH]c21)CCCC3. The van der Waals surface area contributed by atoms with Gasteiger partial charge < -0.3 is 10.3 Å². The van der Waals surface area contributed by atoms with Crippen LogP contribution in [0.25, 0.3) is 11.0 Å². The summed E-state index contributed by atoms with van der Waals surface area (Å²) in [6.07, 6.45) is 7.86. The summed E-state index contributed by atoms with van der Waals surface area (Å²) in [5, 5.41) is 9.56. The lowest BCUT2D eigenvalue weighted by molar-refractivity contribution is 0.404. The van der Waals surface area contributed by atoms with Crippen LogP contribution in [0.1, 0.15) is 55.0 Å². The summed E-state index contributed by atoms with van der Waals surface area (Å²) in [6, 6.07) is 0.333. The van der Waals surface area contributed by atoms with Gasteiger partial charge in [-0.2, -0.15) is 5.10 Å². The number of nitrogens with zero attached hydrogens (tertiary/aromatic N) is 2. The van der Waals surface area contributed by atoms with Crippen LogP contribution >= 0.6 is 0 Å². The molecule has 0 amide bonds. The molecule has 3 heterocycles. The Morgan fingerprint density at radius 1 is 1.14 bits per heavy atom. The smallest absolute Gasteiger partial charge is 0.253 e. The van der Waals surface area contributed by atoms with Gasteiger partial charge in [-0.25, -0.2) is 0 Å². The minimum atomic E-state index is 0.0864. The zero-order valence-electron chi connectivity index (χ0n) is 12.5. The summed E-state index contributed by atoms with van der Waals surface area (Å²) < 4.78 is 1.84. The molecule has 1 aliphatic carbocycles. The van der Waals surface area contributed by atoms with E-state index in [0.29, 0.717) is 6.04 Å². The van der Waals surface area contributed by atoms with Gasteiger partial charge in [0.2, 0.25) is 0 Å². The zero-order valence-corrected chi connectivity index (χ0v) is 12.5. The van der Waals surface area contributed by atoms with E-state index in [1.807, 2.05) is 11.7 Å². The molecular formula is C16H22N4O. The Balaban J connectivity index is 1.97. The van der Waals surface area contributed by atoms with Crippen LogP contribution in [0.4, 0.5) is 0 Å². The molecule has 2 N–H and O–H groups in total. The Kier molecular flexibility index (Phi) is 3.10. The first-order valence-corrected chi connectivity index (χ1v) is 8.09. The second kappa shape index (κ2) is 4.98. The standard InChI is InChI=1S/C16H22N4O/c1-20-15-13(14(19-20)12-8-4-5-9-17-12)10-6-2-3-7-11(10)16(21)18-15/h12,17H,2-9H2,1H3,(H,18,21). The largest absolute Gasteiger partial charge is 0.309 e. The van der Waals surface area contributed by atoms with Gasteiger partial charge in [0.05, 0.1) is 11.7 Å². The molecule has 0 aromatic carbocycles. The summed E-state index contributed by atoms with van der Waals surface area (Å²) in [4.78, 5) is 15.4. The molecule has 2 aromatic rings. The third-order valence-electron chi connectivity index (χ3n) is 4.99. The van der Waals surface area contributed by atoms with Gasteiger partial charge >= 0.3 is 0 Å². The van der Waals surface area contributed by atoms with Crippen LogP contribution in [0, 0.1) is 0 Å². The number of aromatic nitrogens is 3. The normalized spacial score (nSPS) is 22.4. The Morgan fingerprint density at radius 3 is 2.71 bits per heavy atom. The highest BCUT2D eigenvalue weighted by molar-refractivity contribution is 5.84. The van der Waals surface area contributed by atoms with Crippen LogP contribution in [0.3, 0.4) is 0 Å². The van der Waals surface area contributed by atoms with Crippen molar-refractivity contribution in [3.05, 3.63) is 27.2 Å². The summed E-state index contributed by atoms with van der Waals surface area (Å²) >= 11 is 0. The van der Waals surface area contributed by atoms with Crippen molar-refractivity contribution < 1.29 is 0 Å². The lowest BCUT2D eigenvalue weighted by Gasteiger charge is -2.23. The number of pyridine rings is 1. The van der Waals surface area contributed by atoms with Gasteiger partial charge in [0, 0.05) is 18.0 Å². The minimum Gasteiger partial charge on any atom is -0.309 e. The lowest BCUT2D eigenvalue weighted by Crippen LogP contribution is -2.27. The highest BCUT2D eigenvalue weighted by Gasteiger charge is 2.26. The van der Waals surface area contributed by atoms with E-state index in [4.69, 9.17) is 5.10 Å². The van der Waals surface area contributed by atoms with E-state index in [2.05, 4.69) is 10.3 Å². The number of hydrogen-bond acceptors (Lipinski definition) is 3. The van der Waals surface area contributed by atoms with Gasteiger partial charge in [0.1, 0.15) is 5.65 Å². The third-order valence-corrected chi connectivity index (χ3v) is 4.99. The molecule has 1 saturated heterocycles. The number of piperidine rings is 1. The van der Waals surface area contributed by atoms with Crippen molar-refractivity contribution in [2.45, 2.75) is 51.0 Å². The molecule has 1 unspecified atom stereocenters. The molecule has 2 aromatic heterocycles. The predicted molar refractivity (Wildman–Crippen MR) is 82.6 cm³/mol. The molecule has 0 radical (unpaired) electrons. The monoisotopic (exact) mass is 286 g/mol. The van der Waals surface area contributed by atoms with Crippen molar-refractivity contribution in [3.8, 4) is 0 Å². The molecule has 5 nitrogen and oxygen atoms in total. The summed E-state index contributed by atoms with van der Waals surface area (Å²) in [5.74, 6) is 0. The van der Waals surface area contributed by atoms with E-state index in [1.54, 1.807) is 0 Å². The first-order chi connectivity index (χ1) is 10.3. The van der Waals surface area contributed by atoms with Crippen molar-refractivity contribution in [2.24, 2.45) is 7.05 Å². The molecule has 4 rings (SSSR count). The Hall–Kier alpha value is -1.62. The average Bonchev–Trinajstić information content (AvgIpc) is 2.86. The van der Waals surface area contributed by atoms with E-state index < -0.39 is 0 Å². The number of aryl methyl sites for hydroxylation is 2. The highest BCUT2D eigenvalue weighted by atomic mass is 16.1. The van der Waals surface area contributed by atoms with Crippen molar-refractivity contribution in [1.82, 2.24) is 20.1 Å². The van der Waals surface area contributed by atoms with Crippen LogP contribution in [0.5, 0.6) is 0 Å². The van der Waals surface area contributed by atoms with Crippen molar-refractivity contribution in [1.29, 1.82) is 0 Å². The van der Waals surface area contributed by atoms with E-state index in [0.717, 1.165) is 49.1 Å². The molecule has 1 fully saturated rings. The van der Waals surface area contributed by atoms with Crippen LogP contribution < -0.4 is 10.9 Å². The maximum Gasteiger partial charge on any atom is 0.253 e. The number of H-pyrrole nitrogens is 1. The molecule has 0 bridgehead atoms. The number of aromatic amines is 1. The van der Waals surface area contributed by atoms with E-state index >= 15 is 0 Å². The molecule has 112 valence electrons. The molecule has 1 aliphatic heterocycles. The fourth-order valence-electron chi connectivity index (χ4n) is 3.93. The fraction of sp³-hybridized carbons (Fsp3) is 0.625. The Morgan fingerprint density at radius 2 is 1.95 bits per heavy atom. The molecule has 1 atom stereocenters. The van der Waals surface area contributed by atoms with Gasteiger partial charge in [0.15, 0.2) is 0 Å². The van der Waals surface area contributed by atoms with Crippen molar-refractivity contribution in [3.63, 3.8) is 0 Å².